The van der Waals surface area contributed by atoms with Crippen molar-refractivity contribution in [3.8, 4) is 0 Å². The Labute approximate surface area is 191 Å². The summed E-state index contributed by atoms with van der Waals surface area (Å²) in [7, 11) is 0. The fraction of sp³-hybridized carbons (Fsp3) is 0.111. The highest BCUT2D eigenvalue weighted by molar-refractivity contribution is 6.13. The molecule has 6 nitrogen and oxygen atoms in total. The van der Waals surface area contributed by atoms with Gasteiger partial charge in [-0.05, 0) is 61.0 Å². The van der Waals surface area contributed by atoms with Gasteiger partial charge in [0.2, 0.25) is 5.91 Å². The summed E-state index contributed by atoms with van der Waals surface area (Å²) in [6.07, 6.45) is 1.81. The van der Waals surface area contributed by atoms with Crippen LogP contribution in [0.3, 0.4) is 0 Å². The SMILES string of the molecule is Cc1occc1CC(=O)Nc1ccc(C(=O)N2c3ccccc3CNc3ccccc32)cc1. The Hall–Kier alpha value is -4.32. The van der Waals surface area contributed by atoms with Gasteiger partial charge in [0.05, 0.1) is 29.7 Å². The molecule has 3 aromatic carbocycles. The fourth-order valence-electron chi connectivity index (χ4n) is 4.03. The van der Waals surface area contributed by atoms with Crippen LogP contribution in [0.5, 0.6) is 0 Å². The van der Waals surface area contributed by atoms with Crippen LogP contribution < -0.4 is 15.5 Å². The van der Waals surface area contributed by atoms with Crippen molar-refractivity contribution in [3.05, 3.63) is 108 Å². The van der Waals surface area contributed by atoms with Crippen LogP contribution in [0.4, 0.5) is 22.7 Å². The van der Waals surface area contributed by atoms with Gasteiger partial charge in [-0.3, -0.25) is 14.5 Å². The number of carbonyl (C=O) groups excluding carboxylic acids is 2. The quantitative estimate of drug-likeness (QED) is 0.431. The molecule has 0 saturated heterocycles. The molecule has 1 aliphatic rings. The number of fused-ring (bicyclic) bond motifs is 2. The molecule has 2 amide bonds. The van der Waals surface area contributed by atoms with Gasteiger partial charge in [0, 0.05) is 23.4 Å². The van der Waals surface area contributed by atoms with Crippen LogP contribution in [0.15, 0.2) is 89.5 Å². The second-order valence-corrected chi connectivity index (χ2v) is 7.94. The van der Waals surface area contributed by atoms with Crippen molar-refractivity contribution < 1.29 is 14.0 Å². The number of nitrogens with one attached hydrogen (secondary N) is 2. The van der Waals surface area contributed by atoms with E-state index in [0.717, 1.165) is 33.9 Å². The van der Waals surface area contributed by atoms with E-state index < -0.39 is 0 Å². The molecule has 4 aromatic rings. The lowest BCUT2D eigenvalue weighted by Gasteiger charge is -2.24. The second kappa shape index (κ2) is 8.67. The highest BCUT2D eigenvalue weighted by Crippen LogP contribution is 2.38. The number of benzene rings is 3. The van der Waals surface area contributed by atoms with Crippen molar-refractivity contribution in [3.63, 3.8) is 0 Å². The molecule has 6 heteroatoms. The second-order valence-electron chi connectivity index (χ2n) is 7.94. The molecule has 164 valence electrons. The van der Waals surface area contributed by atoms with Crippen LogP contribution in [0.25, 0.3) is 0 Å². The Kier molecular flexibility index (Phi) is 5.40. The van der Waals surface area contributed by atoms with Gasteiger partial charge in [-0.15, -0.1) is 0 Å². The fourth-order valence-corrected chi connectivity index (χ4v) is 4.03. The number of aryl methyl sites for hydroxylation is 1. The van der Waals surface area contributed by atoms with Crippen molar-refractivity contribution >= 4 is 34.6 Å². The Morgan fingerprint density at radius 1 is 0.939 bits per heavy atom. The number of carbonyl (C=O) groups is 2. The van der Waals surface area contributed by atoms with E-state index >= 15 is 0 Å². The smallest absolute Gasteiger partial charge is 0.262 e. The summed E-state index contributed by atoms with van der Waals surface area (Å²) in [6, 6.07) is 24.5. The predicted octanol–water partition coefficient (Wildman–Crippen LogP) is 5.67. The summed E-state index contributed by atoms with van der Waals surface area (Å²) in [5, 5.41) is 6.30. The molecule has 2 N–H and O–H groups in total. The third kappa shape index (κ3) is 4.11. The van der Waals surface area contributed by atoms with Gasteiger partial charge in [-0.2, -0.15) is 0 Å². The average molecular weight is 437 g/mol. The molecule has 2 heterocycles. The van der Waals surface area contributed by atoms with Crippen LogP contribution in [0, 0.1) is 6.92 Å². The first-order valence-corrected chi connectivity index (χ1v) is 10.8. The molecule has 1 aliphatic heterocycles. The average Bonchev–Trinajstić information content (AvgIpc) is 3.15. The molecular weight excluding hydrogens is 414 g/mol. The van der Waals surface area contributed by atoms with Crippen LogP contribution in [0.2, 0.25) is 0 Å². The van der Waals surface area contributed by atoms with Gasteiger partial charge in [0.25, 0.3) is 5.91 Å². The number of para-hydroxylation sites is 3. The summed E-state index contributed by atoms with van der Waals surface area (Å²) in [5.41, 5.74) is 5.63. The Morgan fingerprint density at radius 3 is 2.42 bits per heavy atom. The van der Waals surface area contributed by atoms with Gasteiger partial charge in [0.1, 0.15) is 5.76 Å². The van der Waals surface area contributed by atoms with E-state index in [9.17, 15) is 9.59 Å². The van der Waals surface area contributed by atoms with Gasteiger partial charge in [-0.25, -0.2) is 0 Å². The van der Waals surface area contributed by atoms with Gasteiger partial charge in [-0.1, -0.05) is 30.3 Å². The Bertz CT molecular complexity index is 1280. The molecule has 0 aliphatic carbocycles. The lowest BCUT2D eigenvalue weighted by molar-refractivity contribution is -0.115. The number of hydrogen-bond acceptors (Lipinski definition) is 4. The summed E-state index contributed by atoms with van der Waals surface area (Å²) in [6.45, 7) is 2.47. The first-order valence-electron chi connectivity index (χ1n) is 10.8. The minimum atomic E-state index is -0.139. The zero-order valence-electron chi connectivity index (χ0n) is 18.2. The van der Waals surface area contributed by atoms with Crippen LogP contribution in [-0.4, -0.2) is 11.8 Å². The van der Waals surface area contributed by atoms with E-state index in [-0.39, 0.29) is 18.2 Å². The maximum absolute atomic E-state index is 13.7. The number of anilines is 4. The number of amides is 2. The lowest BCUT2D eigenvalue weighted by Crippen LogP contribution is -2.26. The predicted molar refractivity (Wildman–Crippen MR) is 129 cm³/mol. The van der Waals surface area contributed by atoms with Gasteiger partial charge < -0.3 is 15.1 Å². The number of nitrogens with zero attached hydrogens (tertiary/aromatic N) is 1. The van der Waals surface area contributed by atoms with E-state index in [2.05, 4.69) is 10.6 Å². The molecule has 0 spiro atoms. The van der Waals surface area contributed by atoms with E-state index in [1.54, 1.807) is 41.5 Å². The maximum Gasteiger partial charge on any atom is 0.262 e. The summed E-state index contributed by atoms with van der Waals surface area (Å²) in [4.78, 5) is 27.8. The summed E-state index contributed by atoms with van der Waals surface area (Å²) in [5.74, 6) is 0.462. The molecule has 0 bridgehead atoms. The molecule has 0 unspecified atom stereocenters. The third-order valence-corrected chi connectivity index (χ3v) is 5.78. The van der Waals surface area contributed by atoms with E-state index in [4.69, 9.17) is 4.42 Å². The molecule has 0 atom stereocenters. The van der Waals surface area contributed by atoms with Crippen molar-refractivity contribution in [2.45, 2.75) is 19.9 Å². The zero-order valence-corrected chi connectivity index (χ0v) is 18.2. The molecule has 0 saturated carbocycles. The number of rotatable bonds is 4. The molecule has 33 heavy (non-hydrogen) atoms. The molecular formula is C27H23N3O3. The number of furan rings is 1. The summed E-state index contributed by atoms with van der Waals surface area (Å²) >= 11 is 0. The molecule has 1 aromatic heterocycles. The van der Waals surface area contributed by atoms with Crippen LogP contribution in [0.1, 0.15) is 27.2 Å². The highest BCUT2D eigenvalue weighted by Gasteiger charge is 2.26. The topological polar surface area (TPSA) is 74.6 Å². The summed E-state index contributed by atoms with van der Waals surface area (Å²) < 4.78 is 5.25. The van der Waals surface area contributed by atoms with E-state index in [1.165, 1.54) is 0 Å². The molecule has 0 radical (unpaired) electrons. The van der Waals surface area contributed by atoms with Gasteiger partial charge in [0.15, 0.2) is 0 Å². The van der Waals surface area contributed by atoms with Crippen molar-refractivity contribution in [1.82, 2.24) is 0 Å². The van der Waals surface area contributed by atoms with Crippen molar-refractivity contribution in [2.24, 2.45) is 0 Å². The third-order valence-electron chi connectivity index (χ3n) is 5.78. The van der Waals surface area contributed by atoms with Gasteiger partial charge >= 0.3 is 0 Å². The van der Waals surface area contributed by atoms with E-state index in [1.807, 2.05) is 55.5 Å². The van der Waals surface area contributed by atoms with Crippen molar-refractivity contribution in [2.75, 3.05) is 15.5 Å². The minimum Gasteiger partial charge on any atom is -0.469 e. The maximum atomic E-state index is 13.7. The first-order chi connectivity index (χ1) is 16.1. The standard InChI is InChI=1S/C27H23N3O3/c1-18-20(14-15-33-18)16-26(31)29-22-12-10-19(11-13-22)27(32)30-24-8-4-2-6-21(24)17-28-23-7-3-5-9-25(23)30/h2-15,28H,16-17H2,1H3,(H,29,31). The van der Waals surface area contributed by atoms with Crippen LogP contribution in [-0.2, 0) is 17.8 Å². The molecule has 0 fully saturated rings. The lowest BCUT2D eigenvalue weighted by atomic mass is 10.1. The van der Waals surface area contributed by atoms with Crippen molar-refractivity contribution in [1.29, 1.82) is 0 Å². The Balaban J connectivity index is 1.40. The first kappa shape index (κ1) is 20.6. The highest BCUT2D eigenvalue weighted by atomic mass is 16.3. The normalized spacial score (nSPS) is 12.2. The van der Waals surface area contributed by atoms with Crippen LogP contribution >= 0.6 is 0 Å². The Morgan fingerprint density at radius 2 is 1.67 bits per heavy atom. The number of hydrogen-bond donors (Lipinski definition) is 2. The zero-order chi connectivity index (χ0) is 22.8. The monoisotopic (exact) mass is 437 g/mol. The van der Waals surface area contributed by atoms with E-state index in [0.29, 0.717) is 17.8 Å². The molecule has 5 rings (SSSR count). The largest absolute Gasteiger partial charge is 0.469 e. The minimum absolute atomic E-state index is 0.134.